The summed E-state index contributed by atoms with van der Waals surface area (Å²) in [7, 11) is 0. The predicted molar refractivity (Wildman–Crippen MR) is 118 cm³/mol. The molecule has 0 radical (unpaired) electrons. The van der Waals surface area contributed by atoms with E-state index in [1.54, 1.807) is 12.2 Å². The fourth-order valence-corrected chi connectivity index (χ4v) is 7.74. The molecule has 6 atom stereocenters. The van der Waals surface area contributed by atoms with Crippen LogP contribution in [0.1, 0.15) is 0 Å². The molecule has 6 amide bonds. The van der Waals surface area contributed by atoms with Crippen molar-refractivity contribution < 1.29 is 28.8 Å². The Kier molecular flexibility index (Phi) is 4.27. The van der Waals surface area contributed by atoms with Crippen molar-refractivity contribution in [2.45, 2.75) is 0 Å². The summed E-state index contributed by atoms with van der Waals surface area (Å²) in [5.74, 6) is -8.20. The number of hydrogen-bond acceptors (Lipinski definition) is 10. The number of hydrogen-bond donors (Lipinski definition) is 0. The number of thioether (sulfide) groups is 2. The number of imide groups is 2. The van der Waals surface area contributed by atoms with E-state index in [4.69, 9.17) is 24.4 Å². The highest BCUT2D eigenvalue weighted by Gasteiger charge is 2.70. The lowest BCUT2D eigenvalue weighted by Gasteiger charge is -2.44. The minimum Gasteiger partial charge on any atom is -0.272 e. The van der Waals surface area contributed by atoms with Gasteiger partial charge in [0.05, 0.1) is 35.2 Å². The minimum atomic E-state index is -0.882. The van der Waals surface area contributed by atoms with Crippen molar-refractivity contribution in [3.8, 4) is 0 Å². The molecule has 2 bridgehead atoms. The van der Waals surface area contributed by atoms with Crippen LogP contribution < -0.4 is 0 Å². The highest BCUT2D eigenvalue weighted by atomic mass is 32.2. The molecule has 4 aliphatic heterocycles. The van der Waals surface area contributed by atoms with E-state index in [-0.39, 0.29) is 20.1 Å². The molecule has 164 valence electrons. The van der Waals surface area contributed by atoms with Gasteiger partial charge in [0.15, 0.2) is 8.64 Å². The molecule has 2 unspecified atom stereocenters. The van der Waals surface area contributed by atoms with E-state index in [9.17, 15) is 28.8 Å². The van der Waals surface area contributed by atoms with Crippen LogP contribution in [0, 0.1) is 35.5 Å². The van der Waals surface area contributed by atoms with E-state index >= 15 is 0 Å². The molecular weight excluding hydrogens is 496 g/mol. The van der Waals surface area contributed by atoms with Crippen LogP contribution in [0.4, 0.5) is 0 Å². The molecule has 3 aliphatic carbocycles. The third-order valence-corrected chi connectivity index (χ3v) is 9.50. The van der Waals surface area contributed by atoms with Crippen molar-refractivity contribution in [1.82, 2.24) is 20.0 Å². The molecule has 0 spiro atoms. The van der Waals surface area contributed by atoms with Gasteiger partial charge in [-0.05, 0) is 0 Å². The number of carbonyl (C=O) groups is 6. The van der Waals surface area contributed by atoms with Crippen LogP contribution in [0.5, 0.6) is 0 Å². The maximum Gasteiger partial charge on any atom is 0.258 e. The number of amides is 6. The molecule has 10 nitrogen and oxygen atoms in total. The van der Waals surface area contributed by atoms with Crippen LogP contribution in [0.25, 0.3) is 0 Å². The topological polar surface area (TPSA) is 115 Å². The van der Waals surface area contributed by atoms with Gasteiger partial charge in [0.25, 0.3) is 35.4 Å². The molecule has 0 aromatic carbocycles. The Bertz CT molecular complexity index is 977. The first-order valence-corrected chi connectivity index (χ1v) is 12.5. The summed E-state index contributed by atoms with van der Waals surface area (Å²) in [6, 6.07) is 0. The molecule has 7 aliphatic rings. The summed E-state index contributed by atoms with van der Waals surface area (Å²) in [6.45, 7) is 0. The first-order chi connectivity index (χ1) is 15.2. The van der Waals surface area contributed by atoms with Crippen LogP contribution in [-0.2, 0) is 28.8 Å². The summed E-state index contributed by atoms with van der Waals surface area (Å²) in [5, 5.41) is 3.48. The molecule has 0 aromatic rings. The van der Waals surface area contributed by atoms with Gasteiger partial charge in [-0.15, -0.1) is 0 Å². The lowest BCUT2D eigenvalue weighted by molar-refractivity contribution is -0.160. The Morgan fingerprint density at radius 3 is 1.16 bits per heavy atom. The molecule has 0 N–H and O–H groups in total. The Balaban J connectivity index is 1.39. The molecule has 4 heterocycles. The molecule has 4 saturated heterocycles. The molecule has 14 heteroatoms. The zero-order chi connectivity index (χ0) is 22.6. The van der Waals surface area contributed by atoms with Crippen molar-refractivity contribution in [2.24, 2.45) is 35.5 Å². The van der Waals surface area contributed by atoms with Crippen molar-refractivity contribution in [3.05, 3.63) is 12.2 Å². The average molecular weight is 509 g/mol. The van der Waals surface area contributed by atoms with Gasteiger partial charge < -0.3 is 0 Å². The molecule has 7 rings (SSSR count). The van der Waals surface area contributed by atoms with E-state index in [2.05, 4.69) is 0 Å². The van der Waals surface area contributed by atoms with E-state index in [1.807, 2.05) is 0 Å². The number of thiocarbonyl (C=S) groups is 2. The third kappa shape index (κ3) is 2.33. The fourth-order valence-electron chi connectivity index (χ4n) is 5.67. The van der Waals surface area contributed by atoms with Crippen LogP contribution >= 0.6 is 48.0 Å². The lowest BCUT2D eigenvalue weighted by Crippen LogP contribution is -2.50. The van der Waals surface area contributed by atoms with Crippen molar-refractivity contribution >= 4 is 92.0 Å². The number of carbonyl (C=O) groups excluding carboxylic acids is 6. The zero-order valence-corrected chi connectivity index (χ0v) is 19.2. The van der Waals surface area contributed by atoms with Crippen molar-refractivity contribution in [1.29, 1.82) is 0 Å². The lowest BCUT2D eigenvalue weighted by atomic mass is 9.54. The maximum atomic E-state index is 13.3. The summed E-state index contributed by atoms with van der Waals surface area (Å²) < 4.78 is 0.237. The molecule has 5 fully saturated rings. The van der Waals surface area contributed by atoms with Crippen molar-refractivity contribution in [2.75, 3.05) is 11.5 Å². The normalized spacial score (nSPS) is 38.2. The molecule has 32 heavy (non-hydrogen) atoms. The zero-order valence-electron chi connectivity index (χ0n) is 15.9. The number of allylic oxidation sites excluding steroid dienone is 2. The van der Waals surface area contributed by atoms with E-state index in [1.165, 1.54) is 0 Å². The van der Waals surface area contributed by atoms with Gasteiger partial charge in [0.1, 0.15) is 0 Å². The van der Waals surface area contributed by atoms with E-state index in [0.717, 1.165) is 43.6 Å². The van der Waals surface area contributed by atoms with E-state index in [0.29, 0.717) is 0 Å². The van der Waals surface area contributed by atoms with Crippen molar-refractivity contribution in [3.63, 3.8) is 0 Å². The molecule has 1 saturated carbocycles. The van der Waals surface area contributed by atoms with Gasteiger partial charge in [-0.3, -0.25) is 28.8 Å². The maximum absolute atomic E-state index is 13.3. The average Bonchev–Trinajstić information content (AvgIpc) is 3.44. The second-order valence-electron chi connectivity index (χ2n) is 8.14. The Labute approximate surface area is 199 Å². The van der Waals surface area contributed by atoms with E-state index < -0.39 is 71.0 Å². The molecular formula is C18H12N4O6S4. The molecule has 0 aromatic heterocycles. The highest BCUT2D eigenvalue weighted by molar-refractivity contribution is 8.24. The predicted octanol–water partition coefficient (Wildman–Crippen LogP) is -0.445. The number of hydrazine groups is 2. The fraction of sp³-hybridized carbons (Fsp3) is 0.444. The standard InChI is InChI=1S/C18H12N4O6S4/c23-7-3-31-17(29)19(7)21-13(25)9-5-1-2-6(11(9)15(21)27)12-10(5)14(26)22(16(12)28)20-8(24)4-32-18(20)30/h1-2,5-6,9-12H,3-4H2/t5?,6?,9-,10+,11+,12-. The number of rotatable bonds is 2. The summed E-state index contributed by atoms with van der Waals surface area (Å²) in [5.41, 5.74) is 0. The van der Waals surface area contributed by atoms with Crippen LogP contribution in [-0.4, -0.2) is 75.6 Å². The first kappa shape index (κ1) is 20.4. The van der Waals surface area contributed by atoms with Gasteiger partial charge in [0, 0.05) is 11.8 Å². The largest absolute Gasteiger partial charge is 0.272 e. The minimum absolute atomic E-state index is 0.0370. The monoisotopic (exact) mass is 508 g/mol. The van der Waals surface area contributed by atoms with Gasteiger partial charge in [-0.2, -0.15) is 20.0 Å². The summed E-state index contributed by atoms with van der Waals surface area (Å²) in [4.78, 5) is 78.0. The quantitative estimate of drug-likeness (QED) is 0.276. The SMILES string of the molecule is O=C1CSC(=S)N1N1C(=O)[C@@H]2C3C=CC([C@H]4C(=O)N(N5C(=O)CSC5=S)C(=O)[C@@H]34)[C@@H]2C1=O. The number of nitrogens with zero attached hydrogens (tertiary/aromatic N) is 4. The summed E-state index contributed by atoms with van der Waals surface area (Å²) >= 11 is 12.4. The third-order valence-electron chi connectivity index (χ3n) is 6.82. The summed E-state index contributed by atoms with van der Waals surface area (Å²) in [6.07, 6.45) is 3.40. The van der Waals surface area contributed by atoms with Gasteiger partial charge in [0.2, 0.25) is 0 Å². The Morgan fingerprint density at radius 2 is 0.906 bits per heavy atom. The van der Waals surface area contributed by atoms with Gasteiger partial charge in [-0.25, -0.2) is 0 Å². The Hall–Kier alpha value is -2.16. The second kappa shape index (κ2) is 6.68. The first-order valence-electron chi connectivity index (χ1n) is 9.67. The smallest absolute Gasteiger partial charge is 0.258 e. The van der Waals surface area contributed by atoms with Gasteiger partial charge >= 0.3 is 0 Å². The van der Waals surface area contributed by atoms with Crippen LogP contribution in [0.2, 0.25) is 0 Å². The highest BCUT2D eigenvalue weighted by Crippen LogP contribution is 2.58. The Morgan fingerprint density at radius 1 is 0.594 bits per heavy atom. The van der Waals surface area contributed by atoms with Crippen LogP contribution in [0.15, 0.2) is 12.2 Å². The van der Waals surface area contributed by atoms with Gasteiger partial charge in [-0.1, -0.05) is 60.1 Å². The second-order valence-corrected chi connectivity index (χ2v) is 11.4. The van der Waals surface area contributed by atoms with Crippen LogP contribution in [0.3, 0.4) is 0 Å².